The predicted molar refractivity (Wildman–Crippen MR) is 122 cm³/mol. The number of carbonyl (C=O) groups excluding carboxylic acids is 2. The van der Waals surface area contributed by atoms with E-state index in [2.05, 4.69) is 15.5 Å². The zero-order chi connectivity index (χ0) is 21.6. The lowest BCUT2D eigenvalue weighted by Crippen LogP contribution is -2.24. The Labute approximate surface area is 180 Å². The summed E-state index contributed by atoms with van der Waals surface area (Å²) in [6, 6.07) is 24.9. The van der Waals surface area contributed by atoms with E-state index in [4.69, 9.17) is 0 Å². The molecule has 0 saturated heterocycles. The highest BCUT2D eigenvalue weighted by molar-refractivity contribution is 6.07. The number of nitrogens with zero attached hydrogens (tertiary/aromatic N) is 2. The van der Waals surface area contributed by atoms with E-state index in [1.807, 2.05) is 66.7 Å². The van der Waals surface area contributed by atoms with Gasteiger partial charge in [-0.15, -0.1) is 0 Å². The first kappa shape index (κ1) is 20.3. The van der Waals surface area contributed by atoms with Crippen LogP contribution >= 0.6 is 0 Å². The molecule has 0 fully saturated rings. The van der Waals surface area contributed by atoms with E-state index in [1.165, 1.54) is 6.92 Å². The molecule has 2 amide bonds. The molecule has 1 aromatic heterocycles. The summed E-state index contributed by atoms with van der Waals surface area (Å²) in [5.41, 5.74) is 2.37. The van der Waals surface area contributed by atoms with E-state index in [1.54, 1.807) is 17.0 Å². The van der Waals surface area contributed by atoms with Gasteiger partial charge < -0.3 is 5.32 Å². The second kappa shape index (κ2) is 9.26. The van der Waals surface area contributed by atoms with E-state index < -0.39 is 0 Å². The van der Waals surface area contributed by atoms with Crippen LogP contribution in [0.1, 0.15) is 29.4 Å². The molecule has 4 aromatic rings. The van der Waals surface area contributed by atoms with Crippen LogP contribution in [-0.4, -0.2) is 28.6 Å². The highest BCUT2D eigenvalue weighted by Gasteiger charge is 2.19. The topological polar surface area (TPSA) is 78.1 Å². The van der Waals surface area contributed by atoms with Gasteiger partial charge in [0.25, 0.3) is 5.91 Å². The molecule has 0 aliphatic heterocycles. The molecule has 0 aliphatic rings. The lowest BCUT2D eigenvalue weighted by atomic mass is 10.1. The summed E-state index contributed by atoms with van der Waals surface area (Å²) in [6.07, 6.45) is 1.47. The molecule has 0 spiro atoms. The summed E-state index contributed by atoms with van der Waals surface area (Å²) in [6.45, 7) is 2.09. The Morgan fingerprint density at radius 1 is 0.968 bits per heavy atom. The first-order chi connectivity index (χ1) is 15.1. The molecule has 2 N–H and O–H groups in total. The van der Waals surface area contributed by atoms with Crippen LogP contribution in [0, 0.1) is 0 Å². The average Bonchev–Trinajstić information content (AvgIpc) is 3.25. The Balaban J connectivity index is 1.43. The Hall–Kier alpha value is -3.93. The highest BCUT2D eigenvalue weighted by Crippen LogP contribution is 2.31. The molecule has 4 rings (SSSR count). The van der Waals surface area contributed by atoms with E-state index in [9.17, 15) is 9.59 Å². The Kier molecular flexibility index (Phi) is 6.08. The first-order valence-corrected chi connectivity index (χ1v) is 10.3. The molecular formula is C25H24N4O2. The number of H-pyrrole nitrogens is 1. The van der Waals surface area contributed by atoms with Gasteiger partial charge in [0.15, 0.2) is 5.82 Å². The minimum absolute atomic E-state index is 0.0791. The van der Waals surface area contributed by atoms with Crippen molar-refractivity contribution in [2.75, 3.05) is 11.4 Å². The fourth-order valence-corrected chi connectivity index (χ4v) is 3.62. The number of nitrogens with one attached hydrogen (secondary N) is 2. The van der Waals surface area contributed by atoms with E-state index in [0.717, 1.165) is 28.6 Å². The van der Waals surface area contributed by atoms with Gasteiger partial charge >= 0.3 is 0 Å². The molecule has 0 aliphatic carbocycles. The molecule has 0 unspecified atom stereocenters. The van der Waals surface area contributed by atoms with Gasteiger partial charge in [-0.3, -0.25) is 19.6 Å². The fourth-order valence-electron chi connectivity index (χ4n) is 3.62. The third-order valence-corrected chi connectivity index (χ3v) is 5.11. The maximum atomic E-state index is 12.5. The molecule has 0 radical (unpaired) electrons. The zero-order valence-corrected chi connectivity index (χ0v) is 17.3. The summed E-state index contributed by atoms with van der Waals surface area (Å²) in [5, 5.41) is 12.4. The second-order valence-corrected chi connectivity index (χ2v) is 7.33. The van der Waals surface area contributed by atoms with Crippen molar-refractivity contribution < 1.29 is 9.59 Å². The third kappa shape index (κ3) is 4.64. The summed E-state index contributed by atoms with van der Waals surface area (Å²) in [4.78, 5) is 26.2. The van der Waals surface area contributed by atoms with Gasteiger partial charge in [0.05, 0.1) is 5.69 Å². The number of hydrogen-bond acceptors (Lipinski definition) is 3. The SMILES string of the molecule is CC(=O)N(c1cc(CCCNC(=O)c2ccccc2)[nH]n1)c1cccc2ccccc12. The van der Waals surface area contributed by atoms with Crippen LogP contribution < -0.4 is 10.2 Å². The molecule has 1 heterocycles. The van der Waals surface area contributed by atoms with Gasteiger partial charge in [-0.2, -0.15) is 5.10 Å². The monoisotopic (exact) mass is 412 g/mol. The smallest absolute Gasteiger partial charge is 0.251 e. The van der Waals surface area contributed by atoms with Gasteiger partial charge in [0.2, 0.25) is 5.91 Å². The summed E-state index contributed by atoms with van der Waals surface area (Å²) < 4.78 is 0. The molecule has 0 bridgehead atoms. The summed E-state index contributed by atoms with van der Waals surface area (Å²) in [5.74, 6) is 0.376. The number of aromatic amines is 1. The maximum absolute atomic E-state index is 12.5. The van der Waals surface area contributed by atoms with Crippen molar-refractivity contribution in [3.8, 4) is 0 Å². The lowest BCUT2D eigenvalue weighted by Gasteiger charge is -2.20. The normalized spacial score (nSPS) is 10.7. The number of aryl methyl sites for hydroxylation is 1. The van der Waals surface area contributed by atoms with Crippen LogP contribution in [0.15, 0.2) is 78.9 Å². The number of fused-ring (bicyclic) bond motifs is 1. The van der Waals surface area contributed by atoms with Crippen LogP contribution in [-0.2, 0) is 11.2 Å². The number of benzene rings is 3. The van der Waals surface area contributed by atoms with Crippen LogP contribution in [0.3, 0.4) is 0 Å². The number of anilines is 2. The van der Waals surface area contributed by atoms with Gasteiger partial charge in [-0.05, 0) is 36.4 Å². The molecule has 6 heteroatoms. The molecule has 31 heavy (non-hydrogen) atoms. The van der Waals surface area contributed by atoms with Crippen LogP contribution in [0.5, 0.6) is 0 Å². The van der Waals surface area contributed by atoms with Crippen molar-refractivity contribution in [1.29, 1.82) is 0 Å². The van der Waals surface area contributed by atoms with Gasteiger partial charge in [-0.1, -0.05) is 54.6 Å². The van der Waals surface area contributed by atoms with Gasteiger partial charge in [0, 0.05) is 36.2 Å². The first-order valence-electron chi connectivity index (χ1n) is 10.3. The summed E-state index contributed by atoms with van der Waals surface area (Å²) in [7, 11) is 0. The molecule has 0 saturated carbocycles. The number of hydrogen-bond donors (Lipinski definition) is 2. The third-order valence-electron chi connectivity index (χ3n) is 5.11. The predicted octanol–water partition coefficient (Wildman–Crippen LogP) is 4.61. The molecule has 6 nitrogen and oxygen atoms in total. The van der Waals surface area contributed by atoms with Crippen molar-refractivity contribution in [2.24, 2.45) is 0 Å². The van der Waals surface area contributed by atoms with E-state index in [-0.39, 0.29) is 11.8 Å². The van der Waals surface area contributed by atoms with Crippen molar-refractivity contribution in [1.82, 2.24) is 15.5 Å². The van der Waals surface area contributed by atoms with Crippen LogP contribution in [0.25, 0.3) is 10.8 Å². The Morgan fingerprint density at radius 2 is 1.71 bits per heavy atom. The Bertz CT molecular complexity index is 1200. The van der Waals surface area contributed by atoms with Crippen molar-refractivity contribution in [2.45, 2.75) is 19.8 Å². The molecule has 3 aromatic carbocycles. The number of amides is 2. The molecular weight excluding hydrogens is 388 g/mol. The maximum Gasteiger partial charge on any atom is 0.251 e. The summed E-state index contributed by atoms with van der Waals surface area (Å²) >= 11 is 0. The fraction of sp³-hybridized carbons (Fsp3) is 0.160. The number of carbonyl (C=O) groups is 2. The molecule has 0 atom stereocenters. The number of aromatic nitrogens is 2. The van der Waals surface area contributed by atoms with Crippen LogP contribution in [0.4, 0.5) is 11.5 Å². The highest BCUT2D eigenvalue weighted by atomic mass is 16.2. The lowest BCUT2D eigenvalue weighted by molar-refractivity contribution is -0.115. The van der Waals surface area contributed by atoms with Crippen molar-refractivity contribution >= 4 is 34.1 Å². The Morgan fingerprint density at radius 3 is 2.52 bits per heavy atom. The minimum Gasteiger partial charge on any atom is -0.352 e. The number of rotatable bonds is 7. The quantitative estimate of drug-likeness (QED) is 0.435. The van der Waals surface area contributed by atoms with E-state index in [0.29, 0.717) is 24.3 Å². The zero-order valence-electron chi connectivity index (χ0n) is 17.3. The van der Waals surface area contributed by atoms with Gasteiger partial charge in [-0.25, -0.2) is 0 Å². The van der Waals surface area contributed by atoms with Crippen molar-refractivity contribution in [3.05, 3.63) is 90.1 Å². The van der Waals surface area contributed by atoms with Crippen molar-refractivity contribution in [3.63, 3.8) is 0 Å². The minimum atomic E-state index is -0.107. The van der Waals surface area contributed by atoms with Gasteiger partial charge in [0.1, 0.15) is 0 Å². The van der Waals surface area contributed by atoms with Crippen LogP contribution in [0.2, 0.25) is 0 Å². The average molecular weight is 412 g/mol. The van der Waals surface area contributed by atoms with E-state index >= 15 is 0 Å². The second-order valence-electron chi connectivity index (χ2n) is 7.33. The molecule has 156 valence electrons. The standard InChI is InChI=1S/C25H24N4O2/c1-18(30)29(23-15-7-12-19-9-5-6-14-22(19)23)24-17-21(27-28-24)13-8-16-26-25(31)20-10-3-2-4-11-20/h2-7,9-12,14-15,17H,8,13,16H2,1H3,(H,26,31)(H,27,28). The largest absolute Gasteiger partial charge is 0.352 e.